The van der Waals surface area contributed by atoms with Gasteiger partial charge in [-0.15, -0.1) is 0 Å². The van der Waals surface area contributed by atoms with Crippen LogP contribution < -0.4 is 0 Å². The number of fused-ring (bicyclic) bond motifs is 1. The van der Waals surface area contributed by atoms with Gasteiger partial charge < -0.3 is 9.80 Å². The highest BCUT2D eigenvalue weighted by Crippen LogP contribution is 2.21. The second-order valence-corrected chi connectivity index (χ2v) is 4.11. The smallest absolute Gasteiger partial charge is 0.245 e. The van der Waals surface area contributed by atoms with E-state index in [2.05, 4.69) is 0 Å². The molecule has 4 heteroatoms. The Morgan fingerprint density at radius 3 is 2.79 bits per heavy atom. The fraction of sp³-hybridized carbons (Fsp3) is 0.800. The molecule has 0 aliphatic carbocycles. The van der Waals surface area contributed by atoms with Gasteiger partial charge in [0.1, 0.15) is 6.04 Å². The van der Waals surface area contributed by atoms with E-state index in [1.165, 1.54) is 0 Å². The second-order valence-electron chi connectivity index (χ2n) is 4.11. The SMILES string of the molecule is CN1CCN2C(=O)CCCCC2C1=O. The van der Waals surface area contributed by atoms with Crippen LogP contribution in [0.5, 0.6) is 0 Å². The van der Waals surface area contributed by atoms with E-state index >= 15 is 0 Å². The number of hydrogen-bond donors (Lipinski definition) is 0. The van der Waals surface area contributed by atoms with E-state index in [0.29, 0.717) is 19.5 Å². The summed E-state index contributed by atoms with van der Waals surface area (Å²) in [6.07, 6.45) is 3.39. The zero-order chi connectivity index (χ0) is 10.1. The molecule has 2 heterocycles. The van der Waals surface area contributed by atoms with Gasteiger partial charge in [0.05, 0.1) is 0 Å². The lowest BCUT2D eigenvalue weighted by Gasteiger charge is -2.38. The van der Waals surface area contributed by atoms with E-state index in [1.807, 2.05) is 7.05 Å². The second kappa shape index (κ2) is 3.59. The molecule has 14 heavy (non-hydrogen) atoms. The highest BCUT2D eigenvalue weighted by atomic mass is 16.2. The van der Waals surface area contributed by atoms with Gasteiger partial charge in [-0.1, -0.05) is 6.42 Å². The molecule has 4 nitrogen and oxygen atoms in total. The van der Waals surface area contributed by atoms with Crippen LogP contribution in [0.25, 0.3) is 0 Å². The summed E-state index contributed by atoms with van der Waals surface area (Å²) >= 11 is 0. The maximum absolute atomic E-state index is 11.8. The molecule has 0 aromatic rings. The Morgan fingerprint density at radius 2 is 2.00 bits per heavy atom. The Balaban J connectivity index is 2.19. The van der Waals surface area contributed by atoms with Gasteiger partial charge in [-0.2, -0.15) is 0 Å². The third-order valence-corrected chi connectivity index (χ3v) is 3.15. The van der Waals surface area contributed by atoms with Crippen LogP contribution in [0, 0.1) is 0 Å². The van der Waals surface area contributed by atoms with Gasteiger partial charge in [0.2, 0.25) is 11.8 Å². The Hall–Kier alpha value is -1.06. The molecule has 78 valence electrons. The molecule has 2 saturated heterocycles. The number of amides is 2. The molecule has 0 saturated carbocycles. The van der Waals surface area contributed by atoms with Crippen molar-refractivity contribution in [2.45, 2.75) is 31.7 Å². The van der Waals surface area contributed by atoms with Crippen LogP contribution >= 0.6 is 0 Å². The normalized spacial score (nSPS) is 28.8. The molecule has 0 bridgehead atoms. The van der Waals surface area contributed by atoms with Crippen LogP contribution in [-0.4, -0.2) is 47.8 Å². The van der Waals surface area contributed by atoms with E-state index in [9.17, 15) is 9.59 Å². The average molecular weight is 196 g/mol. The number of likely N-dealkylation sites (N-methyl/N-ethyl adjacent to an activating group) is 1. The fourth-order valence-electron chi connectivity index (χ4n) is 2.25. The standard InChI is InChI=1S/C10H16N2O2/c1-11-6-7-12-8(10(11)14)4-2-3-5-9(12)13/h8H,2-7H2,1H3. The first-order chi connectivity index (χ1) is 6.70. The van der Waals surface area contributed by atoms with E-state index < -0.39 is 0 Å². The fourth-order valence-corrected chi connectivity index (χ4v) is 2.25. The first-order valence-corrected chi connectivity index (χ1v) is 5.24. The maximum Gasteiger partial charge on any atom is 0.245 e. The predicted molar refractivity (Wildman–Crippen MR) is 51.6 cm³/mol. The van der Waals surface area contributed by atoms with Crippen LogP contribution in [0.15, 0.2) is 0 Å². The topological polar surface area (TPSA) is 40.6 Å². The molecule has 0 spiro atoms. The van der Waals surface area contributed by atoms with Crippen LogP contribution in [0.3, 0.4) is 0 Å². The summed E-state index contributed by atoms with van der Waals surface area (Å²) in [6.45, 7) is 1.40. The van der Waals surface area contributed by atoms with Crippen molar-refractivity contribution in [3.63, 3.8) is 0 Å². The summed E-state index contributed by atoms with van der Waals surface area (Å²) in [5.74, 6) is 0.278. The highest BCUT2D eigenvalue weighted by molar-refractivity contribution is 5.89. The van der Waals surface area contributed by atoms with Crippen molar-refractivity contribution >= 4 is 11.8 Å². The summed E-state index contributed by atoms with van der Waals surface area (Å²) in [7, 11) is 1.81. The molecule has 2 aliphatic rings. The molecule has 2 fully saturated rings. The van der Waals surface area contributed by atoms with E-state index in [1.54, 1.807) is 9.80 Å². The summed E-state index contributed by atoms with van der Waals surface area (Å²) < 4.78 is 0. The van der Waals surface area contributed by atoms with Crippen molar-refractivity contribution in [2.75, 3.05) is 20.1 Å². The average Bonchev–Trinajstić information content (AvgIpc) is 2.35. The lowest BCUT2D eigenvalue weighted by Crippen LogP contribution is -2.56. The molecular weight excluding hydrogens is 180 g/mol. The molecule has 2 aliphatic heterocycles. The van der Waals surface area contributed by atoms with Gasteiger partial charge in [0.15, 0.2) is 0 Å². The first kappa shape index (κ1) is 9.49. The summed E-state index contributed by atoms with van der Waals surface area (Å²) in [4.78, 5) is 27.0. The molecule has 1 unspecified atom stereocenters. The number of nitrogens with zero attached hydrogens (tertiary/aromatic N) is 2. The molecule has 0 aromatic heterocycles. The van der Waals surface area contributed by atoms with Crippen molar-refractivity contribution in [2.24, 2.45) is 0 Å². The monoisotopic (exact) mass is 196 g/mol. The minimum absolute atomic E-state index is 0.117. The molecule has 1 atom stereocenters. The lowest BCUT2D eigenvalue weighted by molar-refractivity contribution is -0.149. The number of carbonyl (C=O) groups is 2. The number of hydrogen-bond acceptors (Lipinski definition) is 2. The number of carbonyl (C=O) groups excluding carboxylic acids is 2. The summed E-state index contributed by atoms with van der Waals surface area (Å²) in [5, 5.41) is 0. The quantitative estimate of drug-likeness (QED) is 0.556. The zero-order valence-corrected chi connectivity index (χ0v) is 8.53. The summed E-state index contributed by atoms with van der Waals surface area (Å²) in [5.41, 5.74) is 0. The van der Waals surface area contributed by atoms with Gasteiger partial charge in [-0.25, -0.2) is 0 Å². The Kier molecular flexibility index (Phi) is 2.44. The van der Waals surface area contributed by atoms with Crippen LogP contribution in [0.2, 0.25) is 0 Å². The number of piperazine rings is 1. The van der Waals surface area contributed by atoms with Crippen LogP contribution in [0.1, 0.15) is 25.7 Å². The van der Waals surface area contributed by atoms with Gasteiger partial charge in [-0.05, 0) is 12.8 Å². The molecule has 0 aromatic carbocycles. The lowest BCUT2D eigenvalue weighted by atomic mass is 10.1. The Bertz CT molecular complexity index is 265. The van der Waals surface area contributed by atoms with Crippen LogP contribution in [-0.2, 0) is 9.59 Å². The van der Waals surface area contributed by atoms with E-state index in [0.717, 1.165) is 19.3 Å². The minimum Gasteiger partial charge on any atom is -0.342 e. The van der Waals surface area contributed by atoms with Crippen molar-refractivity contribution in [3.8, 4) is 0 Å². The molecule has 0 N–H and O–H groups in total. The molecule has 0 radical (unpaired) electrons. The van der Waals surface area contributed by atoms with Crippen molar-refractivity contribution in [3.05, 3.63) is 0 Å². The van der Waals surface area contributed by atoms with Gasteiger partial charge >= 0.3 is 0 Å². The van der Waals surface area contributed by atoms with Gasteiger partial charge in [0.25, 0.3) is 0 Å². The Labute approximate surface area is 83.9 Å². The molecule has 2 rings (SSSR count). The third kappa shape index (κ3) is 1.49. The minimum atomic E-state index is -0.163. The zero-order valence-electron chi connectivity index (χ0n) is 8.53. The molecular formula is C10H16N2O2. The van der Waals surface area contributed by atoms with E-state index in [4.69, 9.17) is 0 Å². The number of rotatable bonds is 0. The molecule has 2 amide bonds. The van der Waals surface area contributed by atoms with Crippen molar-refractivity contribution < 1.29 is 9.59 Å². The van der Waals surface area contributed by atoms with E-state index in [-0.39, 0.29) is 17.9 Å². The van der Waals surface area contributed by atoms with Gasteiger partial charge in [-0.3, -0.25) is 9.59 Å². The summed E-state index contributed by atoms with van der Waals surface area (Å²) in [6, 6.07) is -0.163. The van der Waals surface area contributed by atoms with Crippen molar-refractivity contribution in [1.82, 2.24) is 9.80 Å². The highest BCUT2D eigenvalue weighted by Gasteiger charge is 2.36. The third-order valence-electron chi connectivity index (χ3n) is 3.15. The predicted octanol–water partition coefficient (Wildman–Crippen LogP) is 0.230. The maximum atomic E-state index is 11.8. The Morgan fingerprint density at radius 1 is 1.21 bits per heavy atom. The van der Waals surface area contributed by atoms with Gasteiger partial charge in [0, 0.05) is 26.6 Å². The van der Waals surface area contributed by atoms with Crippen molar-refractivity contribution in [1.29, 1.82) is 0 Å². The largest absolute Gasteiger partial charge is 0.342 e. The first-order valence-electron chi connectivity index (χ1n) is 5.24. The van der Waals surface area contributed by atoms with Crippen LogP contribution in [0.4, 0.5) is 0 Å².